The molecule has 7 N–H and O–H groups in total. The van der Waals surface area contributed by atoms with Crippen molar-refractivity contribution in [2.45, 2.75) is 51.6 Å². The first-order valence-corrected chi connectivity index (χ1v) is 13.7. The van der Waals surface area contributed by atoms with Crippen LogP contribution in [0, 0.1) is 0 Å². The fourth-order valence-corrected chi connectivity index (χ4v) is 4.15. The summed E-state index contributed by atoms with van der Waals surface area (Å²) in [5.41, 5.74) is 7.48. The normalized spacial score (nSPS) is 11.7. The number of amides is 2. The van der Waals surface area contributed by atoms with Crippen molar-refractivity contribution < 1.29 is 19.1 Å². The molecule has 0 fully saturated rings. The van der Waals surface area contributed by atoms with Crippen LogP contribution in [0.5, 0.6) is 0 Å². The number of methoxy groups -OCH3 is 1. The number of ether oxygens (including phenoxy) is 1. The highest BCUT2D eigenvalue weighted by Gasteiger charge is 2.21. The molecule has 14 nitrogen and oxygen atoms in total. The first kappa shape index (κ1) is 31.1. The Bertz CT molecular complexity index is 1380. The Kier molecular flexibility index (Phi) is 11.6. The summed E-state index contributed by atoms with van der Waals surface area (Å²) in [6.07, 6.45) is 3.96. The van der Waals surface area contributed by atoms with E-state index in [4.69, 9.17) is 10.5 Å². The van der Waals surface area contributed by atoms with Crippen molar-refractivity contribution in [3.05, 3.63) is 45.9 Å². The predicted octanol–water partition coefficient (Wildman–Crippen LogP) is 0.739. The van der Waals surface area contributed by atoms with Crippen molar-refractivity contribution in [2.24, 2.45) is 0 Å². The molecule has 2 amide bonds. The molecule has 222 valence electrons. The third-order valence-corrected chi connectivity index (χ3v) is 6.42. The highest BCUT2D eigenvalue weighted by molar-refractivity contribution is 5.97. The summed E-state index contributed by atoms with van der Waals surface area (Å²) in [6.45, 7) is 3.45. The van der Waals surface area contributed by atoms with E-state index in [1.807, 2.05) is 7.05 Å². The number of benzene rings is 1. The number of nitrogens with two attached hydrogens (primary N) is 1. The van der Waals surface area contributed by atoms with Gasteiger partial charge in [0, 0.05) is 12.1 Å². The van der Waals surface area contributed by atoms with E-state index in [1.54, 1.807) is 24.3 Å². The number of rotatable bonds is 16. The Morgan fingerprint density at radius 3 is 2.54 bits per heavy atom. The van der Waals surface area contributed by atoms with Gasteiger partial charge in [-0.25, -0.2) is 9.59 Å². The van der Waals surface area contributed by atoms with E-state index < -0.39 is 23.8 Å². The fraction of sp³-hybridized carbons (Fsp3) is 0.481. The minimum atomic E-state index is -0.780. The second-order valence-corrected chi connectivity index (χ2v) is 9.55. The highest BCUT2D eigenvalue weighted by Crippen LogP contribution is 2.18. The second kappa shape index (κ2) is 15.4. The van der Waals surface area contributed by atoms with Gasteiger partial charge in [0.1, 0.15) is 11.6 Å². The number of carbonyl (C=O) groups is 3. The van der Waals surface area contributed by atoms with Gasteiger partial charge < -0.3 is 36.7 Å². The standard InChI is InChI=1S/C27H39N9O5/c1-4-5-14-30-26-34-22(28)21-23(35-26)36(27(40)33-21)16-17-9-11-18(12-10-17)24(38)31-15-20(37)32-19(25(39)41-3)8-6-7-13-29-2/h9-12,19,29H,4-8,13-16H2,1-3H3,(H,31,38)(H,32,37)(H,33,40)(H3,28,30,34,35)/t19-/m0/s1. The molecule has 14 heteroatoms. The summed E-state index contributed by atoms with van der Waals surface area (Å²) in [7, 11) is 3.11. The van der Waals surface area contributed by atoms with Crippen LogP contribution in [0.3, 0.4) is 0 Å². The van der Waals surface area contributed by atoms with Crippen molar-refractivity contribution >= 4 is 40.7 Å². The molecule has 0 saturated carbocycles. The van der Waals surface area contributed by atoms with Crippen LogP contribution in [-0.2, 0) is 20.9 Å². The number of imidazole rings is 1. The van der Waals surface area contributed by atoms with Crippen LogP contribution in [0.2, 0.25) is 0 Å². The van der Waals surface area contributed by atoms with E-state index in [2.05, 4.69) is 43.1 Å². The number of unbranched alkanes of at least 4 members (excludes halogenated alkanes) is 2. The van der Waals surface area contributed by atoms with Gasteiger partial charge in [-0.05, 0) is 57.0 Å². The topological polar surface area (TPSA) is 198 Å². The van der Waals surface area contributed by atoms with Crippen LogP contribution in [0.1, 0.15) is 54.9 Å². The number of aromatic amines is 1. The molecular weight excluding hydrogens is 530 g/mol. The fourth-order valence-electron chi connectivity index (χ4n) is 4.15. The van der Waals surface area contributed by atoms with Gasteiger partial charge in [0.25, 0.3) is 5.91 Å². The molecule has 1 atom stereocenters. The van der Waals surface area contributed by atoms with Gasteiger partial charge in [-0.1, -0.05) is 25.5 Å². The molecule has 0 saturated heterocycles. The molecule has 2 aromatic heterocycles. The molecule has 0 aliphatic rings. The zero-order chi connectivity index (χ0) is 29.8. The zero-order valence-electron chi connectivity index (χ0n) is 23.7. The Balaban J connectivity index is 1.60. The van der Waals surface area contributed by atoms with Crippen molar-refractivity contribution in [3.8, 4) is 0 Å². The first-order valence-electron chi connectivity index (χ1n) is 13.7. The van der Waals surface area contributed by atoms with Gasteiger partial charge in [-0.3, -0.25) is 14.2 Å². The molecule has 3 aromatic rings. The number of nitrogen functional groups attached to an aromatic ring is 1. The zero-order valence-corrected chi connectivity index (χ0v) is 23.7. The molecule has 0 bridgehead atoms. The SMILES string of the molecule is CCCCNc1nc(N)c2[nH]c(=O)n(Cc3ccc(C(=O)NCC(=O)N[C@@H](CCCCNC)C(=O)OC)cc3)c2n1. The summed E-state index contributed by atoms with van der Waals surface area (Å²) in [6, 6.07) is 5.84. The molecule has 0 spiro atoms. The number of H-pyrrole nitrogens is 1. The van der Waals surface area contributed by atoms with Crippen molar-refractivity contribution in [1.29, 1.82) is 0 Å². The summed E-state index contributed by atoms with van der Waals surface area (Å²) in [4.78, 5) is 61.1. The minimum absolute atomic E-state index is 0.174. The number of hydrogen-bond acceptors (Lipinski definition) is 10. The lowest BCUT2D eigenvalue weighted by Gasteiger charge is -2.16. The van der Waals surface area contributed by atoms with Gasteiger partial charge in [0.15, 0.2) is 11.5 Å². The molecule has 41 heavy (non-hydrogen) atoms. The Morgan fingerprint density at radius 2 is 1.85 bits per heavy atom. The number of hydrogen-bond donors (Lipinski definition) is 6. The predicted molar refractivity (Wildman–Crippen MR) is 156 cm³/mol. The first-order chi connectivity index (χ1) is 19.8. The van der Waals surface area contributed by atoms with E-state index in [0.29, 0.717) is 35.6 Å². The number of carbonyl (C=O) groups excluding carboxylic acids is 3. The summed E-state index contributed by atoms with van der Waals surface area (Å²) in [5.74, 6) is -0.964. The van der Waals surface area contributed by atoms with E-state index in [9.17, 15) is 19.2 Å². The molecule has 0 radical (unpaired) electrons. The maximum Gasteiger partial charge on any atom is 0.328 e. The summed E-state index contributed by atoms with van der Waals surface area (Å²) >= 11 is 0. The second-order valence-electron chi connectivity index (χ2n) is 9.55. The number of anilines is 2. The Labute approximate surface area is 237 Å². The monoisotopic (exact) mass is 569 g/mol. The highest BCUT2D eigenvalue weighted by atomic mass is 16.5. The maximum absolute atomic E-state index is 12.6. The molecule has 2 heterocycles. The summed E-state index contributed by atoms with van der Waals surface area (Å²) < 4.78 is 6.23. The van der Waals surface area contributed by atoms with E-state index in [0.717, 1.165) is 37.8 Å². The molecule has 0 aliphatic carbocycles. The number of nitrogens with zero attached hydrogens (tertiary/aromatic N) is 3. The van der Waals surface area contributed by atoms with E-state index in [-0.39, 0.29) is 24.6 Å². The van der Waals surface area contributed by atoms with Crippen LogP contribution >= 0.6 is 0 Å². The largest absolute Gasteiger partial charge is 0.467 e. The average molecular weight is 570 g/mol. The molecular formula is C27H39N9O5. The van der Waals surface area contributed by atoms with Crippen LogP contribution in [-0.4, -0.2) is 77.1 Å². The number of esters is 1. The Morgan fingerprint density at radius 1 is 1.10 bits per heavy atom. The lowest BCUT2D eigenvalue weighted by atomic mass is 10.1. The average Bonchev–Trinajstić information content (AvgIpc) is 3.28. The van der Waals surface area contributed by atoms with Crippen LogP contribution in [0.15, 0.2) is 29.1 Å². The molecule has 0 aliphatic heterocycles. The van der Waals surface area contributed by atoms with Crippen molar-refractivity contribution in [3.63, 3.8) is 0 Å². The maximum atomic E-state index is 12.6. The Hall–Kier alpha value is -4.46. The lowest BCUT2D eigenvalue weighted by molar-refractivity contribution is -0.145. The third-order valence-electron chi connectivity index (χ3n) is 6.42. The van der Waals surface area contributed by atoms with Crippen molar-refractivity contribution in [2.75, 3.05) is 44.8 Å². The third kappa shape index (κ3) is 8.76. The van der Waals surface area contributed by atoms with Crippen molar-refractivity contribution in [1.82, 2.24) is 35.5 Å². The van der Waals surface area contributed by atoms with E-state index >= 15 is 0 Å². The summed E-state index contributed by atoms with van der Waals surface area (Å²) in [5, 5.41) is 11.3. The number of nitrogens with one attached hydrogen (secondary N) is 5. The number of fused-ring (bicyclic) bond motifs is 1. The van der Waals surface area contributed by atoms with Gasteiger partial charge >= 0.3 is 11.7 Å². The quantitative estimate of drug-likeness (QED) is 0.106. The van der Waals surface area contributed by atoms with Gasteiger partial charge in [-0.2, -0.15) is 9.97 Å². The van der Waals surface area contributed by atoms with Crippen LogP contribution in [0.4, 0.5) is 11.8 Å². The van der Waals surface area contributed by atoms with E-state index in [1.165, 1.54) is 11.7 Å². The molecule has 1 aromatic carbocycles. The number of aromatic nitrogens is 4. The van der Waals surface area contributed by atoms with Gasteiger partial charge in [0.2, 0.25) is 11.9 Å². The van der Waals surface area contributed by atoms with Gasteiger partial charge in [-0.15, -0.1) is 0 Å². The van der Waals surface area contributed by atoms with Gasteiger partial charge in [0.05, 0.1) is 20.2 Å². The smallest absolute Gasteiger partial charge is 0.328 e. The van der Waals surface area contributed by atoms with Crippen LogP contribution in [0.25, 0.3) is 11.2 Å². The van der Waals surface area contributed by atoms with Crippen LogP contribution < -0.4 is 32.7 Å². The lowest BCUT2D eigenvalue weighted by Crippen LogP contribution is -2.46. The minimum Gasteiger partial charge on any atom is -0.467 e. The molecule has 0 unspecified atom stereocenters. The molecule has 3 rings (SSSR count).